The first-order valence-corrected chi connectivity index (χ1v) is 9.52. The van der Waals surface area contributed by atoms with Crippen LogP contribution in [0.2, 0.25) is 0 Å². The Morgan fingerprint density at radius 3 is 2.33 bits per heavy atom. The van der Waals surface area contributed by atoms with Crippen molar-refractivity contribution < 1.29 is 17.9 Å². The molecule has 1 amide bonds. The maximum absolute atomic E-state index is 11.9. The minimum atomic E-state index is -2.87. The van der Waals surface area contributed by atoms with Gasteiger partial charge in [-0.25, -0.2) is 13.2 Å². The van der Waals surface area contributed by atoms with E-state index in [2.05, 4.69) is 5.32 Å². The van der Waals surface area contributed by atoms with Crippen molar-refractivity contribution in [3.8, 4) is 0 Å². The third-order valence-electron chi connectivity index (χ3n) is 3.27. The van der Waals surface area contributed by atoms with Gasteiger partial charge in [0, 0.05) is 25.4 Å². The second-order valence-corrected chi connectivity index (χ2v) is 8.94. The minimum absolute atomic E-state index is 0.219. The van der Waals surface area contributed by atoms with E-state index in [4.69, 9.17) is 4.74 Å². The van der Waals surface area contributed by atoms with E-state index in [-0.39, 0.29) is 11.8 Å². The lowest BCUT2D eigenvalue weighted by atomic mass is 10.1. The Balaban J connectivity index is 2.22. The van der Waals surface area contributed by atoms with Gasteiger partial charge < -0.3 is 15.0 Å². The SMILES string of the molecule is CC(C)(C)OC(=O)N1CCC(NCCCS(C)(=O)=O)CC1. The molecule has 1 saturated heterocycles. The molecule has 0 spiro atoms. The maximum Gasteiger partial charge on any atom is 0.410 e. The first-order chi connectivity index (χ1) is 9.57. The molecule has 124 valence electrons. The number of piperidine rings is 1. The number of carbonyl (C=O) groups excluding carboxylic acids is 1. The molecule has 1 rings (SSSR count). The molecule has 1 aliphatic rings. The molecule has 0 aromatic carbocycles. The van der Waals surface area contributed by atoms with E-state index < -0.39 is 15.4 Å². The molecule has 0 radical (unpaired) electrons. The zero-order chi connectivity index (χ0) is 16.1. The number of rotatable bonds is 5. The summed E-state index contributed by atoms with van der Waals surface area (Å²) in [6.07, 6.45) is 3.38. The lowest BCUT2D eigenvalue weighted by molar-refractivity contribution is 0.0198. The predicted octanol–water partition coefficient (Wildman–Crippen LogP) is 1.41. The molecule has 1 heterocycles. The highest BCUT2D eigenvalue weighted by Gasteiger charge is 2.26. The topological polar surface area (TPSA) is 75.7 Å². The Bertz CT molecular complexity index is 434. The molecule has 0 aromatic heterocycles. The second-order valence-electron chi connectivity index (χ2n) is 6.68. The van der Waals surface area contributed by atoms with Crippen LogP contribution >= 0.6 is 0 Å². The number of carbonyl (C=O) groups is 1. The molecule has 0 saturated carbocycles. The Labute approximate surface area is 128 Å². The predicted molar refractivity (Wildman–Crippen MR) is 83.2 cm³/mol. The largest absolute Gasteiger partial charge is 0.444 e. The lowest BCUT2D eigenvalue weighted by Crippen LogP contribution is -2.46. The summed E-state index contributed by atoms with van der Waals surface area (Å²) in [4.78, 5) is 13.6. The normalized spacial score (nSPS) is 17.8. The van der Waals surface area contributed by atoms with Gasteiger partial charge in [-0.1, -0.05) is 0 Å². The van der Waals surface area contributed by atoms with Crippen LogP contribution in [0, 0.1) is 0 Å². The van der Waals surface area contributed by atoms with Crippen LogP contribution in [0.5, 0.6) is 0 Å². The summed E-state index contributed by atoms with van der Waals surface area (Å²) in [7, 11) is -2.87. The van der Waals surface area contributed by atoms with Gasteiger partial charge in [0.1, 0.15) is 15.4 Å². The zero-order valence-corrected chi connectivity index (χ0v) is 14.3. The Morgan fingerprint density at radius 1 is 1.29 bits per heavy atom. The molecule has 1 N–H and O–H groups in total. The van der Waals surface area contributed by atoms with Crippen LogP contribution < -0.4 is 5.32 Å². The highest BCUT2D eigenvalue weighted by Crippen LogP contribution is 2.15. The number of likely N-dealkylation sites (tertiary alicyclic amines) is 1. The van der Waals surface area contributed by atoms with E-state index in [1.807, 2.05) is 20.8 Å². The smallest absolute Gasteiger partial charge is 0.410 e. The standard InChI is InChI=1S/C14H28N2O4S/c1-14(2,3)20-13(17)16-9-6-12(7-10-16)15-8-5-11-21(4,18)19/h12,15H,5-11H2,1-4H3. The van der Waals surface area contributed by atoms with Gasteiger partial charge in [-0.3, -0.25) is 0 Å². The Hall–Kier alpha value is -0.820. The molecule has 0 aromatic rings. The summed E-state index contributed by atoms with van der Waals surface area (Å²) < 4.78 is 27.4. The van der Waals surface area contributed by atoms with Gasteiger partial charge in [-0.05, 0) is 46.6 Å². The number of sulfone groups is 1. The van der Waals surface area contributed by atoms with Crippen LogP contribution in [0.4, 0.5) is 4.79 Å². The van der Waals surface area contributed by atoms with Crippen LogP contribution in [0.3, 0.4) is 0 Å². The number of hydrogen-bond donors (Lipinski definition) is 1. The number of hydrogen-bond acceptors (Lipinski definition) is 5. The molecular formula is C14H28N2O4S. The van der Waals surface area contributed by atoms with Crippen molar-refractivity contribution in [2.24, 2.45) is 0 Å². The Morgan fingerprint density at radius 2 is 1.86 bits per heavy atom. The molecule has 1 fully saturated rings. The number of ether oxygens (including phenoxy) is 1. The van der Waals surface area contributed by atoms with Crippen LogP contribution in [0.15, 0.2) is 0 Å². The number of amides is 1. The molecule has 0 unspecified atom stereocenters. The van der Waals surface area contributed by atoms with Crippen LogP contribution in [0.25, 0.3) is 0 Å². The van der Waals surface area contributed by atoms with Crippen molar-refractivity contribution in [1.29, 1.82) is 0 Å². The van der Waals surface area contributed by atoms with Gasteiger partial charge in [0.05, 0.1) is 5.75 Å². The third-order valence-corrected chi connectivity index (χ3v) is 4.30. The van der Waals surface area contributed by atoms with Crippen LogP contribution in [-0.2, 0) is 14.6 Å². The number of nitrogens with one attached hydrogen (secondary N) is 1. The molecule has 1 aliphatic heterocycles. The van der Waals surface area contributed by atoms with Gasteiger partial charge in [0.15, 0.2) is 0 Å². The fourth-order valence-corrected chi connectivity index (χ4v) is 2.90. The molecule has 6 nitrogen and oxygen atoms in total. The summed E-state index contributed by atoms with van der Waals surface area (Å²) in [6, 6.07) is 0.350. The third kappa shape index (κ3) is 8.26. The average molecular weight is 320 g/mol. The van der Waals surface area contributed by atoms with Crippen molar-refractivity contribution in [3.63, 3.8) is 0 Å². The summed E-state index contributed by atoms with van der Waals surface area (Å²) in [5, 5.41) is 3.36. The van der Waals surface area contributed by atoms with Crippen molar-refractivity contribution in [1.82, 2.24) is 10.2 Å². The summed E-state index contributed by atoms with van der Waals surface area (Å²) in [6.45, 7) is 7.64. The summed E-state index contributed by atoms with van der Waals surface area (Å²) in [5.74, 6) is 0.219. The number of nitrogens with zero attached hydrogens (tertiary/aromatic N) is 1. The molecule has 7 heteroatoms. The zero-order valence-electron chi connectivity index (χ0n) is 13.5. The molecule has 0 aliphatic carbocycles. The highest BCUT2D eigenvalue weighted by molar-refractivity contribution is 7.90. The first-order valence-electron chi connectivity index (χ1n) is 7.46. The molecule has 21 heavy (non-hydrogen) atoms. The Kier molecular flexibility index (Phi) is 6.46. The highest BCUT2D eigenvalue weighted by atomic mass is 32.2. The summed E-state index contributed by atoms with van der Waals surface area (Å²) >= 11 is 0. The fraction of sp³-hybridized carbons (Fsp3) is 0.929. The van der Waals surface area contributed by atoms with E-state index >= 15 is 0 Å². The lowest BCUT2D eigenvalue weighted by Gasteiger charge is -2.33. The minimum Gasteiger partial charge on any atom is -0.444 e. The second kappa shape index (κ2) is 7.45. The van der Waals surface area contributed by atoms with Gasteiger partial charge in [0.2, 0.25) is 0 Å². The van der Waals surface area contributed by atoms with Crippen molar-refractivity contribution in [2.45, 2.75) is 51.7 Å². The van der Waals surface area contributed by atoms with Gasteiger partial charge in [-0.2, -0.15) is 0 Å². The quantitative estimate of drug-likeness (QED) is 0.775. The van der Waals surface area contributed by atoms with Crippen molar-refractivity contribution >= 4 is 15.9 Å². The first kappa shape index (κ1) is 18.2. The maximum atomic E-state index is 11.9. The van der Waals surface area contributed by atoms with E-state index in [1.165, 1.54) is 6.26 Å². The summed E-state index contributed by atoms with van der Waals surface area (Å²) in [5.41, 5.74) is -0.460. The van der Waals surface area contributed by atoms with Gasteiger partial charge >= 0.3 is 6.09 Å². The van der Waals surface area contributed by atoms with Gasteiger partial charge in [0.25, 0.3) is 0 Å². The fourth-order valence-electron chi connectivity index (χ4n) is 2.23. The molecule has 0 atom stereocenters. The van der Waals surface area contributed by atoms with Gasteiger partial charge in [-0.15, -0.1) is 0 Å². The van der Waals surface area contributed by atoms with Crippen molar-refractivity contribution in [3.05, 3.63) is 0 Å². The van der Waals surface area contributed by atoms with E-state index in [0.717, 1.165) is 12.8 Å². The average Bonchev–Trinajstić information content (AvgIpc) is 2.32. The molecular weight excluding hydrogens is 292 g/mol. The van der Waals surface area contributed by atoms with E-state index in [9.17, 15) is 13.2 Å². The van der Waals surface area contributed by atoms with Crippen molar-refractivity contribution in [2.75, 3.05) is 31.6 Å². The van der Waals surface area contributed by atoms with E-state index in [1.54, 1.807) is 4.90 Å². The van der Waals surface area contributed by atoms with Crippen LogP contribution in [0.1, 0.15) is 40.0 Å². The van der Waals surface area contributed by atoms with Crippen LogP contribution in [-0.4, -0.2) is 62.7 Å². The monoisotopic (exact) mass is 320 g/mol. The van der Waals surface area contributed by atoms with E-state index in [0.29, 0.717) is 32.1 Å². The molecule has 0 bridgehead atoms.